The Kier molecular flexibility index (Phi) is 8.79. The first-order valence-electron chi connectivity index (χ1n) is 13.9. The largest absolute Gasteiger partial charge is 0.351 e. The maximum absolute atomic E-state index is 15.1. The molecule has 42 heavy (non-hydrogen) atoms. The van der Waals surface area contributed by atoms with Gasteiger partial charge >= 0.3 is 0 Å². The molecule has 1 fully saturated rings. The zero-order valence-electron chi connectivity index (χ0n) is 23.8. The molecule has 0 atom stereocenters. The van der Waals surface area contributed by atoms with Gasteiger partial charge in [0.25, 0.3) is 6.43 Å². The molecule has 2 heterocycles. The van der Waals surface area contributed by atoms with Crippen LogP contribution in [0.5, 0.6) is 0 Å². The maximum Gasteiger partial charge on any atom is 0.266 e. The Hall–Kier alpha value is -3.57. The molecule has 11 heteroatoms. The van der Waals surface area contributed by atoms with Crippen LogP contribution < -0.4 is 5.32 Å². The van der Waals surface area contributed by atoms with Crippen LogP contribution in [0.4, 0.5) is 19.1 Å². The predicted molar refractivity (Wildman–Crippen MR) is 159 cm³/mol. The van der Waals surface area contributed by atoms with Gasteiger partial charge < -0.3 is 10.2 Å². The van der Waals surface area contributed by atoms with Crippen molar-refractivity contribution < 1.29 is 21.6 Å². The van der Waals surface area contributed by atoms with Crippen molar-refractivity contribution in [2.75, 3.05) is 19.4 Å². The summed E-state index contributed by atoms with van der Waals surface area (Å²) in [5.74, 6) is -1.18. The summed E-state index contributed by atoms with van der Waals surface area (Å²) in [6.07, 6.45) is 2.46. The third-order valence-corrected chi connectivity index (χ3v) is 9.33. The second-order valence-corrected chi connectivity index (χ2v) is 13.3. The first-order valence-corrected chi connectivity index (χ1v) is 15.7. The quantitative estimate of drug-likeness (QED) is 0.236. The molecule has 0 amide bonds. The van der Waals surface area contributed by atoms with E-state index >= 15 is 4.39 Å². The average molecular weight is 598 g/mol. The van der Waals surface area contributed by atoms with Crippen molar-refractivity contribution in [1.29, 1.82) is 0 Å². The van der Waals surface area contributed by atoms with Gasteiger partial charge in [-0.15, -0.1) is 0 Å². The molecule has 5 rings (SSSR count). The Morgan fingerprint density at radius 3 is 2.33 bits per heavy atom. The van der Waals surface area contributed by atoms with Crippen molar-refractivity contribution >= 4 is 26.8 Å². The van der Waals surface area contributed by atoms with Crippen LogP contribution in [-0.4, -0.2) is 54.4 Å². The first-order chi connectivity index (χ1) is 20.0. The lowest BCUT2D eigenvalue weighted by Gasteiger charge is -2.32. The molecule has 7 nitrogen and oxygen atoms in total. The minimum atomic E-state index is -3.65. The monoisotopic (exact) mass is 597 g/mol. The summed E-state index contributed by atoms with van der Waals surface area (Å²) in [7, 11) is 0.489. The van der Waals surface area contributed by atoms with E-state index in [2.05, 4.69) is 39.3 Å². The Morgan fingerprint density at radius 2 is 1.69 bits per heavy atom. The Morgan fingerprint density at radius 1 is 0.976 bits per heavy atom. The van der Waals surface area contributed by atoms with Gasteiger partial charge in [0.15, 0.2) is 9.84 Å². The lowest BCUT2D eigenvalue weighted by atomic mass is 9.91. The van der Waals surface area contributed by atoms with Crippen LogP contribution in [0.3, 0.4) is 0 Å². The predicted octanol–water partition coefficient (Wildman–Crippen LogP) is 6.48. The van der Waals surface area contributed by atoms with Crippen molar-refractivity contribution in [3.8, 4) is 11.3 Å². The van der Waals surface area contributed by atoms with E-state index in [0.29, 0.717) is 11.6 Å². The number of alkyl halides is 2. The fourth-order valence-corrected chi connectivity index (χ4v) is 6.91. The van der Waals surface area contributed by atoms with Gasteiger partial charge in [0.2, 0.25) is 5.95 Å². The van der Waals surface area contributed by atoms with Crippen molar-refractivity contribution in [1.82, 2.24) is 19.9 Å². The van der Waals surface area contributed by atoms with Gasteiger partial charge in [-0.2, -0.15) is 0 Å². The minimum Gasteiger partial charge on any atom is -0.351 e. The smallest absolute Gasteiger partial charge is 0.266 e. The summed E-state index contributed by atoms with van der Waals surface area (Å²) in [4.78, 5) is 15.3. The molecule has 0 spiro atoms. The van der Waals surface area contributed by atoms with Crippen LogP contribution in [-0.2, 0) is 21.3 Å². The molecule has 2 aromatic carbocycles. The van der Waals surface area contributed by atoms with E-state index in [1.165, 1.54) is 24.4 Å². The van der Waals surface area contributed by atoms with E-state index in [1.807, 2.05) is 19.1 Å². The highest BCUT2D eigenvalue weighted by Crippen LogP contribution is 2.32. The summed E-state index contributed by atoms with van der Waals surface area (Å²) < 4.78 is 68.9. The molecule has 4 aromatic rings. The van der Waals surface area contributed by atoms with E-state index in [-0.39, 0.29) is 51.2 Å². The number of hydrogen-bond acceptors (Lipinski definition) is 7. The molecule has 0 aliphatic heterocycles. The molecular weight excluding hydrogens is 563 g/mol. The van der Waals surface area contributed by atoms with E-state index in [9.17, 15) is 17.2 Å². The number of halogens is 3. The highest BCUT2D eigenvalue weighted by molar-refractivity contribution is 7.89. The van der Waals surface area contributed by atoms with Gasteiger partial charge in [-0.1, -0.05) is 42.0 Å². The number of anilines is 1. The van der Waals surface area contributed by atoms with Gasteiger partial charge in [-0.3, -0.25) is 0 Å². The molecule has 0 unspecified atom stereocenters. The van der Waals surface area contributed by atoms with Crippen LogP contribution in [0.2, 0.25) is 0 Å². The van der Waals surface area contributed by atoms with E-state index in [0.717, 1.165) is 37.3 Å². The maximum atomic E-state index is 15.1. The third kappa shape index (κ3) is 7.07. The molecule has 0 radical (unpaired) electrons. The number of aryl methyl sites for hydroxylation is 1. The lowest BCUT2D eigenvalue weighted by Crippen LogP contribution is -2.36. The van der Waals surface area contributed by atoms with Gasteiger partial charge in [-0.25, -0.2) is 36.5 Å². The van der Waals surface area contributed by atoms with Crippen molar-refractivity contribution in [3.05, 3.63) is 82.8 Å². The Bertz CT molecular complexity index is 1670. The zero-order chi connectivity index (χ0) is 30.0. The number of benzene rings is 2. The number of pyridine rings is 1. The third-order valence-electron chi connectivity index (χ3n) is 7.80. The summed E-state index contributed by atoms with van der Waals surface area (Å²) in [5, 5.41) is 3.28. The van der Waals surface area contributed by atoms with E-state index < -0.39 is 27.8 Å². The normalized spacial score (nSPS) is 17.7. The Balaban J connectivity index is 1.36. The number of nitrogens with zero attached hydrogens (tertiary/aromatic N) is 4. The number of sulfone groups is 1. The molecule has 222 valence electrons. The number of rotatable bonds is 9. The fraction of sp³-hybridized carbons (Fsp3) is 0.387. The number of nitrogens with one attached hydrogen (secondary N) is 1. The van der Waals surface area contributed by atoms with Crippen LogP contribution >= 0.6 is 0 Å². The summed E-state index contributed by atoms with van der Waals surface area (Å²) in [6.45, 7) is 1.91. The van der Waals surface area contributed by atoms with Crippen LogP contribution in [0.15, 0.2) is 54.7 Å². The van der Waals surface area contributed by atoms with Gasteiger partial charge in [-0.05, 0) is 64.4 Å². The number of hydrogen-bond donors (Lipinski definition) is 1. The summed E-state index contributed by atoms with van der Waals surface area (Å²) in [6, 6.07) is 13.0. The average Bonchev–Trinajstić information content (AvgIpc) is 2.95. The minimum absolute atomic E-state index is 0.000557. The summed E-state index contributed by atoms with van der Waals surface area (Å²) in [5.41, 5.74) is 1.86. The standard InChI is InChI=1S/C31H34F3N5O2S/c1-19-4-6-20(7-5-19)17-42(40,41)18-22-9-8-21(14-26(22)32)27-15-25(30(33)34)29-28(37-27)16-35-31(38-29)36-23-10-12-24(13-11-23)39(2)3/h4-9,14-16,23-24,30H,10-13,17-18H2,1-3H3,(H,35,36,38). The number of fused-ring (bicyclic) bond motifs is 1. The zero-order valence-corrected chi connectivity index (χ0v) is 24.6. The molecule has 1 N–H and O–H groups in total. The Labute approximate surface area is 244 Å². The molecule has 1 aliphatic carbocycles. The second-order valence-electron chi connectivity index (χ2n) is 11.3. The van der Waals surface area contributed by atoms with Crippen LogP contribution in [0.1, 0.15) is 54.4 Å². The fourth-order valence-electron chi connectivity index (χ4n) is 5.40. The van der Waals surface area contributed by atoms with Crippen molar-refractivity contribution in [2.24, 2.45) is 0 Å². The highest BCUT2D eigenvalue weighted by atomic mass is 32.2. The molecule has 1 aliphatic rings. The molecular formula is C31H34F3N5O2S. The summed E-state index contributed by atoms with van der Waals surface area (Å²) >= 11 is 0. The van der Waals surface area contributed by atoms with E-state index in [4.69, 9.17) is 0 Å². The second kappa shape index (κ2) is 12.3. The van der Waals surface area contributed by atoms with Crippen molar-refractivity contribution in [3.63, 3.8) is 0 Å². The van der Waals surface area contributed by atoms with Crippen LogP contribution in [0.25, 0.3) is 22.3 Å². The highest BCUT2D eigenvalue weighted by Gasteiger charge is 2.24. The lowest BCUT2D eigenvalue weighted by molar-refractivity contribution is 0.153. The first kappa shape index (κ1) is 29.9. The van der Waals surface area contributed by atoms with Gasteiger partial charge in [0.05, 0.1) is 23.4 Å². The molecule has 0 saturated heterocycles. The topological polar surface area (TPSA) is 88.1 Å². The van der Waals surface area contributed by atoms with Crippen molar-refractivity contribution in [2.45, 2.75) is 62.6 Å². The molecule has 0 bridgehead atoms. The molecule has 1 saturated carbocycles. The van der Waals surface area contributed by atoms with Gasteiger partial charge in [0, 0.05) is 28.8 Å². The number of aromatic nitrogens is 3. The van der Waals surface area contributed by atoms with Crippen LogP contribution in [0, 0.1) is 12.7 Å². The van der Waals surface area contributed by atoms with Gasteiger partial charge in [0.1, 0.15) is 16.9 Å². The SMILES string of the molecule is Cc1ccc(CS(=O)(=O)Cc2ccc(-c3cc(C(F)F)c4nc(NC5CCC(N(C)C)CC5)ncc4n3)cc2F)cc1. The van der Waals surface area contributed by atoms with E-state index in [1.54, 1.807) is 12.1 Å². The molecule has 2 aromatic heterocycles.